The van der Waals surface area contributed by atoms with Gasteiger partial charge in [0.2, 0.25) is 0 Å². The van der Waals surface area contributed by atoms with Crippen LogP contribution in [0.3, 0.4) is 0 Å². The van der Waals surface area contributed by atoms with Crippen molar-refractivity contribution in [3.63, 3.8) is 0 Å². The average Bonchev–Trinajstić information content (AvgIpc) is 3.47. The largest absolute Gasteiger partial charge is 0.481 e. The van der Waals surface area contributed by atoms with Crippen LogP contribution in [0, 0.1) is 6.92 Å². The summed E-state index contributed by atoms with van der Waals surface area (Å²) in [7, 11) is 0. The maximum atomic E-state index is 10.9. The lowest BCUT2D eigenvalue weighted by Gasteiger charge is -2.13. The second kappa shape index (κ2) is 8.57. The van der Waals surface area contributed by atoms with Crippen molar-refractivity contribution in [2.45, 2.75) is 51.2 Å². The minimum absolute atomic E-state index is 0.0144. The van der Waals surface area contributed by atoms with E-state index in [4.69, 9.17) is 5.11 Å². The van der Waals surface area contributed by atoms with Crippen LogP contribution in [0.1, 0.15) is 49.6 Å². The molecule has 142 valence electrons. The number of aromatic nitrogens is 3. The topological polar surface area (TPSA) is 68.0 Å². The molecule has 0 amide bonds. The van der Waals surface area contributed by atoms with Crippen LogP contribution in [0.2, 0.25) is 0 Å². The number of hydrogen-bond acceptors (Lipinski definition) is 4. The molecule has 4 rings (SSSR count). The Bertz CT molecular complexity index is 948. The molecule has 2 aromatic carbocycles. The number of carboxylic acids is 1. The van der Waals surface area contributed by atoms with E-state index in [0.717, 1.165) is 5.82 Å². The number of hydrogen-bond donors (Lipinski definition) is 1. The minimum Gasteiger partial charge on any atom is -0.481 e. The Hall–Kier alpha value is -2.34. The lowest BCUT2D eigenvalue weighted by molar-refractivity contribution is -0.133. The van der Waals surface area contributed by atoms with E-state index in [1.165, 1.54) is 46.5 Å². The molecule has 27 heavy (non-hydrogen) atoms. The molecule has 1 aliphatic rings. The molecule has 0 atom stereocenters. The molecule has 1 fully saturated rings. The van der Waals surface area contributed by atoms with Crippen molar-refractivity contribution >= 4 is 28.5 Å². The molecule has 1 aromatic heterocycles. The minimum atomic E-state index is -0.851. The number of rotatable bonds is 6. The maximum absolute atomic E-state index is 10.9. The van der Waals surface area contributed by atoms with Crippen LogP contribution in [0.25, 0.3) is 10.8 Å². The molecule has 5 nitrogen and oxygen atoms in total. The molecule has 0 spiro atoms. The third-order valence-corrected chi connectivity index (χ3v) is 5.57. The first kappa shape index (κ1) is 19.4. The fourth-order valence-electron chi connectivity index (χ4n) is 3.22. The number of fused-ring (bicyclic) bond motifs is 1. The van der Waals surface area contributed by atoms with Crippen molar-refractivity contribution in [3.05, 3.63) is 53.3 Å². The van der Waals surface area contributed by atoms with E-state index in [0.29, 0.717) is 17.6 Å². The van der Waals surface area contributed by atoms with Crippen LogP contribution in [-0.2, 0) is 11.3 Å². The van der Waals surface area contributed by atoms with Crippen LogP contribution in [0.4, 0.5) is 0 Å². The molecule has 1 heterocycles. The van der Waals surface area contributed by atoms with E-state index in [9.17, 15) is 4.79 Å². The summed E-state index contributed by atoms with van der Waals surface area (Å²) < 4.78 is 1.99. The van der Waals surface area contributed by atoms with E-state index in [1.807, 2.05) is 25.3 Å². The smallest absolute Gasteiger partial charge is 0.313 e. The molecule has 0 saturated heterocycles. The second-order valence-electron chi connectivity index (χ2n) is 6.43. The first-order chi connectivity index (χ1) is 13.1. The summed E-state index contributed by atoms with van der Waals surface area (Å²) in [5, 5.41) is 20.4. The summed E-state index contributed by atoms with van der Waals surface area (Å²) in [5.41, 5.74) is 2.65. The number of thioether (sulfide) groups is 1. The van der Waals surface area contributed by atoms with Gasteiger partial charge in [0, 0.05) is 0 Å². The third kappa shape index (κ3) is 4.33. The third-order valence-electron chi connectivity index (χ3n) is 4.62. The predicted octanol–water partition coefficient (Wildman–Crippen LogP) is 4.87. The Balaban J connectivity index is 0.00000102. The fraction of sp³-hybridized carbons (Fsp3) is 0.381. The lowest BCUT2D eigenvalue weighted by atomic mass is 9.97. The predicted molar refractivity (Wildman–Crippen MR) is 109 cm³/mol. The van der Waals surface area contributed by atoms with Crippen molar-refractivity contribution in [2.75, 3.05) is 5.75 Å². The Morgan fingerprint density at radius 1 is 1.15 bits per heavy atom. The number of carbonyl (C=O) groups is 1. The van der Waals surface area contributed by atoms with Gasteiger partial charge in [-0.05, 0) is 47.6 Å². The molecule has 0 radical (unpaired) electrons. The summed E-state index contributed by atoms with van der Waals surface area (Å²) in [6.07, 6.45) is 2.56. The summed E-state index contributed by atoms with van der Waals surface area (Å²) in [6, 6.07) is 13.0. The molecule has 6 heteroatoms. The van der Waals surface area contributed by atoms with Crippen LogP contribution in [0.5, 0.6) is 0 Å². The quantitative estimate of drug-likeness (QED) is 0.615. The number of aliphatic carboxylic acids is 1. The van der Waals surface area contributed by atoms with E-state index >= 15 is 0 Å². The maximum Gasteiger partial charge on any atom is 0.313 e. The van der Waals surface area contributed by atoms with Crippen LogP contribution >= 0.6 is 11.8 Å². The standard InChI is InChI=1S/C19H19N3O2S.C2H6/c1-12-20-21-19(25-11-18(23)24)22(12)10-14-8-9-16(13-6-7-13)17-5-3-2-4-15(14)17;1-2/h2-5,8-9,13H,6-7,10-11H2,1H3,(H,23,24);1-2H3. The van der Waals surface area contributed by atoms with Gasteiger partial charge in [-0.2, -0.15) is 0 Å². The molecule has 1 saturated carbocycles. The van der Waals surface area contributed by atoms with Gasteiger partial charge >= 0.3 is 5.97 Å². The first-order valence-corrected chi connectivity index (χ1v) is 10.4. The van der Waals surface area contributed by atoms with Crippen molar-refractivity contribution < 1.29 is 9.90 Å². The normalized spacial score (nSPS) is 13.3. The highest BCUT2D eigenvalue weighted by molar-refractivity contribution is 7.99. The second-order valence-corrected chi connectivity index (χ2v) is 7.37. The zero-order valence-electron chi connectivity index (χ0n) is 16.0. The molecule has 1 N–H and O–H groups in total. The van der Waals surface area contributed by atoms with Gasteiger partial charge in [0.1, 0.15) is 5.82 Å². The van der Waals surface area contributed by atoms with Gasteiger partial charge in [0.15, 0.2) is 5.16 Å². The van der Waals surface area contributed by atoms with Crippen molar-refractivity contribution in [3.8, 4) is 0 Å². The summed E-state index contributed by atoms with van der Waals surface area (Å²) >= 11 is 1.21. The van der Waals surface area contributed by atoms with E-state index in [-0.39, 0.29) is 5.75 Å². The van der Waals surface area contributed by atoms with E-state index < -0.39 is 5.97 Å². The summed E-state index contributed by atoms with van der Waals surface area (Å²) in [5.74, 6) is 0.636. The Kier molecular flexibility index (Phi) is 6.16. The molecule has 3 aromatic rings. The Morgan fingerprint density at radius 2 is 1.85 bits per heavy atom. The highest BCUT2D eigenvalue weighted by Gasteiger charge is 2.25. The Morgan fingerprint density at radius 3 is 2.52 bits per heavy atom. The fourth-order valence-corrected chi connectivity index (χ4v) is 3.92. The average molecular weight is 384 g/mol. The first-order valence-electron chi connectivity index (χ1n) is 9.38. The molecule has 0 aliphatic heterocycles. The van der Waals surface area contributed by atoms with Gasteiger partial charge in [-0.1, -0.05) is 62.0 Å². The van der Waals surface area contributed by atoms with Crippen LogP contribution < -0.4 is 0 Å². The SMILES string of the molecule is CC.Cc1nnc(SCC(=O)O)n1Cc1ccc(C2CC2)c2ccccc12. The summed E-state index contributed by atoms with van der Waals surface area (Å²) in [6.45, 7) is 6.55. The lowest BCUT2D eigenvalue weighted by Crippen LogP contribution is -2.06. The zero-order valence-corrected chi connectivity index (χ0v) is 16.8. The van der Waals surface area contributed by atoms with Crippen LogP contribution in [0.15, 0.2) is 41.6 Å². The monoisotopic (exact) mass is 383 g/mol. The van der Waals surface area contributed by atoms with Crippen molar-refractivity contribution in [1.29, 1.82) is 0 Å². The highest BCUT2D eigenvalue weighted by atomic mass is 32.2. The number of aryl methyl sites for hydroxylation is 1. The molecule has 0 unspecified atom stereocenters. The van der Waals surface area contributed by atoms with Gasteiger partial charge in [-0.15, -0.1) is 10.2 Å². The highest BCUT2D eigenvalue weighted by Crippen LogP contribution is 2.43. The van der Waals surface area contributed by atoms with Crippen LogP contribution in [-0.4, -0.2) is 31.6 Å². The van der Waals surface area contributed by atoms with Gasteiger partial charge in [-0.3, -0.25) is 4.79 Å². The van der Waals surface area contributed by atoms with Crippen molar-refractivity contribution in [1.82, 2.24) is 14.8 Å². The molecular formula is C21H25N3O2S. The number of nitrogens with zero attached hydrogens (tertiary/aromatic N) is 3. The van der Waals surface area contributed by atoms with Gasteiger partial charge < -0.3 is 9.67 Å². The zero-order chi connectivity index (χ0) is 19.4. The molecule has 1 aliphatic carbocycles. The van der Waals surface area contributed by atoms with E-state index in [2.05, 4.69) is 46.6 Å². The molecule has 0 bridgehead atoms. The Labute approximate surface area is 163 Å². The number of benzene rings is 2. The van der Waals surface area contributed by atoms with Crippen molar-refractivity contribution in [2.24, 2.45) is 0 Å². The van der Waals surface area contributed by atoms with Gasteiger partial charge in [0.05, 0.1) is 12.3 Å². The van der Waals surface area contributed by atoms with Gasteiger partial charge in [-0.25, -0.2) is 0 Å². The van der Waals surface area contributed by atoms with E-state index in [1.54, 1.807) is 0 Å². The molecular weight excluding hydrogens is 358 g/mol. The van der Waals surface area contributed by atoms with Gasteiger partial charge in [0.25, 0.3) is 0 Å². The summed E-state index contributed by atoms with van der Waals surface area (Å²) in [4.78, 5) is 10.9. The number of carboxylic acid groups (broad SMARTS) is 1.